The SMILES string of the molecule is CSc1nc(-c2ccco2)nc(C)c1C(=O)OCC(=O)N(C)C1CCS(=O)(=O)C1. The number of ether oxygens (including phenoxy) is 1. The molecule has 1 aliphatic heterocycles. The molecule has 0 bridgehead atoms. The van der Waals surface area contributed by atoms with Gasteiger partial charge in [-0.25, -0.2) is 23.2 Å². The normalized spacial score (nSPS) is 17.8. The standard InChI is InChI=1S/C18H21N3O6S2/c1-11-15(17(28-3)20-16(19-11)13-5-4-7-26-13)18(23)27-9-14(22)21(2)12-6-8-29(24,25)10-12/h4-5,7,12H,6,8-10H2,1-3H3. The molecule has 1 fully saturated rings. The molecule has 1 amide bonds. The number of nitrogens with zero attached hydrogens (tertiary/aromatic N) is 3. The van der Waals surface area contributed by atoms with Gasteiger partial charge in [-0.3, -0.25) is 4.79 Å². The first kappa shape index (κ1) is 21.3. The van der Waals surface area contributed by atoms with Crippen LogP contribution in [0.25, 0.3) is 11.6 Å². The van der Waals surface area contributed by atoms with E-state index >= 15 is 0 Å². The minimum Gasteiger partial charge on any atom is -0.461 e. The molecule has 0 saturated carbocycles. The lowest BCUT2D eigenvalue weighted by Crippen LogP contribution is -2.40. The molecule has 9 nitrogen and oxygen atoms in total. The number of aryl methyl sites for hydroxylation is 1. The van der Waals surface area contributed by atoms with Crippen LogP contribution in [-0.4, -0.2) is 72.6 Å². The summed E-state index contributed by atoms with van der Waals surface area (Å²) in [5.74, 6) is -0.347. The molecule has 1 unspecified atom stereocenters. The molecule has 0 radical (unpaired) electrons. The van der Waals surface area contributed by atoms with Crippen molar-refractivity contribution in [2.75, 3.05) is 31.4 Å². The van der Waals surface area contributed by atoms with Crippen LogP contribution in [0.5, 0.6) is 0 Å². The molecule has 1 atom stereocenters. The van der Waals surface area contributed by atoms with Crippen LogP contribution in [0, 0.1) is 6.92 Å². The van der Waals surface area contributed by atoms with Gasteiger partial charge in [-0.2, -0.15) is 0 Å². The van der Waals surface area contributed by atoms with Crippen molar-refractivity contribution in [3.05, 3.63) is 29.7 Å². The van der Waals surface area contributed by atoms with Crippen LogP contribution in [-0.2, 0) is 19.4 Å². The number of likely N-dealkylation sites (N-methyl/N-ethyl adjacent to an activating group) is 1. The summed E-state index contributed by atoms with van der Waals surface area (Å²) < 4.78 is 33.7. The number of furan rings is 1. The van der Waals surface area contributed by atoms with Crippen LogP contribution >= 0.6 is 11.8 Å². The van der Waals surface area contributed by atoms with Crippen molar-refractivity contribution in [3.63, 3.8) is 0 Å². The Balaban J connectivity index is 1.70. The van der Waals surface area contributed by atoms with Crippen molar-refractivity contribution in [2.45, 2.75) is 24.4 Å². The third-order valence-corrected chi connectivity index (χ3v) is 7.10. The molecule has 0 aliphatic carbocycles. The predicted molar refractivity (Wildman–Crippen MR) is 106 cm³/mol. The summed E-state index contributed by atoms with van der Waals surface area (Å²) in [6.07, 6.45) is 3.66. The number of rotatable bonds is 6. The maximum absolute atomic E-state index is 12.6. The van der Waals surface area contributed by atoms with E-state index in [0.717, 1.165) is 0 Å². The highest BCUT2D eigenvalue weighted by Gasteiger charge is 2.33. The van der Waals surface area contributed by atoms with Gasteiger partial charge in [0.25, 0.3) is 5.91 Å². The van der Waals surface area contributed by atoms with E-state index in [4.69, 9.17) is 9.15 Å². The van der Waals surface area contributed by atoms with Gasteiger partial charge in [0.1, 0.15) is 10.6 Å². The van der Waals surface area contributed by atoms with Crippen molar-refractivity contribution in [3.8, 4) is 11.6 Å². The predicted octanol–water partition coefficient (Wildman–Crippen LogP) is 1.57. The summed E-state index contributed by atoms with van der Waals surface area (Å²) in [7, 11) is -1.60. The van der Waals surface area contributed by atoms with Crippen LogP contribution < -0.4 is 0 Å². The fourth-order valence-corrected chi connectivity index (χ4v) is 5.42. The Hall–Kier alpha value is -2.40. The number of carbonyl (C=O) groups excluding carboxylic acids is 2. The lowest BCUT2D eigenvalue weighted by Gasteiger charge is -2.23. The Morgan fingerprint density at radius 2 is 2.14 bits per heavy atom. The number of aromatic nitrogens is 2. The average Bonchev–Trinajstić information content (AvgIpc) is 3.34. The first-order chi connectivity index (χ1) is 13.7. The van der Waals surface area contributed by atoms with Crippen LogP contribution in [0.3, 0.4) is 0 Å². The van der Waals surface area contributed by atoms with Gasteiger partial charge in [0.15, 0.2) is 28.0 Å². The van der Waals surface area contributed by atoms with Crippen molar-refractivity contribution in [1.82, 2.24) is 14.9 Å². The van der Waals surface area contributed by atoms with Gasteiger partial charge in [0.2, 0.25) is 0 Å². The second-order valence-electron chi connectivity index (χ2n) is 6.63. The summed E-state index contributed by atoms with van der Waals surface area (Å²) in [6, 6.07) is 3.03. The molecular formula is C18H21N3O6S2. The molecule has 2 aromatic heterocycles. The molecule has 3 rings (SSSR count). The largest absolute Gasteiger partial charge is 0.461 e. The van der Waals surface area contributed by atoms with Crippen LogP contribution in [0.2, 0.25) is 0 Å². The van der Waals surface area contributed by atoms with Crippen molar-refractivity contribution in [2.24, 2.45) is 0 Å². The topological polar surface area (TPSA) is 120 Å². The van der Waals surface area contributed by atoms with Gasteiger partial charge in [-0.15, -0.1) is 11.8 Å². The number of thioether (sulfide) groups is 1. The molecule has 1 saturated heterocycles. The van der Waals surface area contributed by atoms with Crippen molar-refractivity contribution < 1.29 is 27.2 Å². The molecule has 1 aliphatic rings. The minimum absolute atomic E-state index is 0.0602. The van der Waals surface area contributed by atoms with E-state index in [9.17, 15) is 18.0 Å². The number of carbonyl (C=O) groups is 2. The number of amides is 1. The fraction of sp³-hybridized carbons (Fsp3) is 0.444. The fourth-order valence-electron chi connectivity index (χ4n) is 3.03. The number of hydrogen-bond donors (Lipinski definition) is 0. The Bertz CT molecular complexity index is 1020. The highest BCUT2D eigenvalue weighted by atomic mass is 32.2. The molecule has 2 aromatic rings. The summed E-state index contributed by atoms with van der Waals surface area (Å²) in [4.78, 5) is 34.9. The van der Waals surface area contributed by atoms with E-state index in [2.05, 4.69) is 9.97 Å². The number of esters is 1. The van der Waals surface area contributed by atoms with Gasteiger partial charge in [-0.1, -0.05) is 0 Å². The lowest BCUT2D eigenvalue weighted by molar-refractivity contribution is -0.134. The quantitative estimate of drug-likeness (QED) is 0.375. The summed E-state index contributed by atoms with van der Waals surface area (Å²) >= 11 is 1.25. The highest BCUT2D eigenvalue weighted by molar-refractivity contribution is 7.98. The van der Waals surface area contributed by atoms with Gasteiger partial charge in [0, 0.05) is 13.1 Å². The van der Waals surface area contributed by atoms with Gasteiger partial charge >= 0.3 is 5.97 Å². The maximum Gasteiger partial charge on any atom is 0.343 e. The Morgan fingerprint density at radius 1 is 1.38 bits per heavy atom. The number of sulfone groups is 1. The maximum atomic E-state index is 12.6. The van der Waals surface area contributed by atoms with Crippen LogP contribution in [0.15, 0.2) is 27.8 Å². The van der Waals surface area contributed by atoms with E-state index < -0.39 is 34.4 Å². The summed E-state index contributed by atoms with van der Waals surface area (Å²) in [5.41, 5.74) is 0.593. The van der Waals surface area contributed by atoms with E-state index in [1.165, 1.54) is 30.0 Å². The summed E-state index contributed by atoms with van der Waals surface area (Å²) in [6.45, 7) is 1.17. The third kappa shape index (κ3) is 4.78. The number of hydrogen-bond acceptors (Lipinski definition) is 9. The second-order valence-corrected chi connectivity index (χ2v) is 9.66. The monoisotopic (exact) mass is 439 g/mol. The molecule has 29 heavy (non-hydrogen) atoms. The smallest absolute Gasteiger partial charge is 0.343 e. The van der Waals surface area contributed by atoms with E-state index in [-0.39, 0.29) is 17.1 Å². The van der Waals surface area contributed by atoms with Crippen LogP contribution in [0.4, 0.5) is 0 Å². The van der Waals surface area contributed by atoms with E-state index in [0.29, 0.717) is 28.7 Å². The Labute approximate surface area is 172 Å². The first-order valence-electron chi connectivity index (χ1n) is 8.81. The first-order valence-corrected chi connectivity index (χ1v) is 11.9. The molecule has 11 heteroatoms. The molecule has 0 spiro atoms. The highest BCUT2D eigenvalue weighted by Crippen LogP contribution is 2.26. The van der Waals surface area contributed by atoms with Gasteiger partial charge in [-0.05, 0) is 31.7 Å². The van der Waals surface area contributed by atoms with E-state index in [1.807, 2.05) is 0 Å². The third-order valence-electron chi connectivity index (χ3n) is 4.67. The molecule has 0 N–H and O–H groups in total. The molecule has 3 heterocycles. The molecule has 0 aromatic carbocycles. The Kier molecular flexibility index (Phi) is 6.27. The average molecular weight is 440 g/mol. The Morgan fingerprint density at radius 3 is 2.72 bits per heavy atom. The second kappa shape index (κ2) is 8.54. The zero-order valence-corrected chi connectivity index (χ0v) is 17.9. The molecular weight excluding hydrogens is 418 g/mol. The van der Waals surface area contributed by atoms with E-state index in [1.54, 1.807) is 25.3 Å². The lowest BCUT2D eigenvalue weighted by atomic mass is 10.2. The summed E-state index contributed by atoms with van der Waals surface area (Å²) in [5, 5.41) is 0.414. The van der Waals surface area contributed by atoms with Crippen LogP contribution in [0.1, 0.15) is 22.5 Å². The van der Waals surface area contributed by atoms with Gasteiger partial charge < -0.3 is 14.1 Å². The van der Waals surface area contributed by atoms with Crippen molar-refractivity contribution in [1.29, 1.82) is 0 Å². The van der Waals surface area contributed by atoms with Gasteiger partial charge in [0.05, 0.1) is 23.5 Å². The zero-order valence-electron chi connectivity index (χ0n) is 16.2. The molecule has 156 valence electrons. The van der Waals surface area contributed by atoms with Crippen molar-refractivity contribution >= 4 is 33.5 Å². The zero-order chi connectivity index (χ0) is 21.2. The minimum atomic E-state index is -3.11.